The van der Waals surface area contributed by atoms with Gasteiger partial charge in [-0.05, 0) is 18.6 Å². The van der Waals surface area contributed by atoms with Crippen LogP contribution in [0.3, 0.4) is 0 Å². The molecular weight excluding hydrogens is 339 g/mol. The number of fused-ring (bicyclic) bond motifs is 1. The Morgan fingerprint density at radius 2 is 2.19 bits per heavy atom. The minimum Gasteiger partial charge on any atom is -0.465 e. The van der Waals surface area contributed by atoms with E-state index in [9.17, 15) is 9.18 Å². The Labute approximate surface area is 148 Å². The van der Waals surface area contributed by atoms with Gasteiger partial charge in [-0.1, -0.05) is 6.07 Å². The Bertz CT molecular complexity index is 946. The lowest BCUT2D eigenvalue weighted by Gasteiger charge is -2.33. The van der Waals surface area contributed by atoms with E-state index >= 15 is 0 Å². The Morgan fingerprint density at radius 3 is 3.04 bits per heavy atom. The van der Waals surface area contributed by atoms with Gasteiger partial charge < -0.3 is 15.3 Å². The number of aromatic nitrogens is 4. The highest BCUT2D eigenvalue weighted by atomic mass is 19.1. The lowest BCUT2D eigenvalue weighted by molar-refractivity contribution is 0.108. The molecule has 0 radical (unpaired) electrons. The number of hydrogen-bond acceptors (Lipinski definition) is 5. The number of nitrogens with one attached hydrogen (secondary N) is 1. The minimum absolute atomic E-state index is 0.0686. The molecule has 8 nitrogen and oxygen atoms in total. The van der Waals surface area contributed by atoms with Crippen molar-refractivity contribution < 1.29 is 14.3 Å². The zero-order chi connectivity index (χ0) is 18.1. The van der Waals surface area contributed by atoms with E-state index in [4.69, 9.17) is 5.11 Å². The van der Waals surface area contributed by atoms with E-state index in [2.05, 4.69) is 20.4 Å². The second-order valence-corrected chi connectivity index (χ2v) is 6.16. The number of anilines is 1. The van der Waals surface area contributed by atoms with Crippen molar-refractivity contribution in [3.05, 3.63) is 43.0 Å². The van der Waals surface area contributed by atoms with Crippen LogP contribution in [0, 0.1) is 0 Å². The van der Waals surface area contributed by atoms with Gasteiger partial charge in [0.25, 0.3) is 0 Å². The van der Waals surface area contributed by atoms with E-state index in [0.717, 1.165) is 11.1 Å². The first-order chi connectivity index (χ1) is 12.6. The number of nitrogens with zero attached hydrogens (tertiary/aromatic N) is 5. The summed E-state index contributed by atoms with van der Waals surface area (Å²) in [4.78, 5) is 21.0. The molecule has 134 valence electrons. The molecule has 9 heteroatoms. The fourth-order valence-corrected chi connectivity index (χ4v) is 3.12. The molecule has 0 bridgehead atoms. The van der Waals surface area contributed by atoms with Crippen molar-refractivity contribution in [2.75, 3.05) is 18.4 Å². The third-order valence-electron chi connectivity index (χ3n) is 4.47. The molecule has 1 fully saturated rings. The summed E-state index contributed by atoms with van der Waals surface area (Å²) in [6.45, 7) is 0.266. The number of hydrogen-bond donors (Lipinski definition) is 2. The van der Waals surface area contributed by atoms with Crippen molar-refractivity contribution in [3.63, 3.8) is 0 Å². The number of carboxylic acid groups (broad SMARTS) is 1. The van der Waals surface area contributed by atoms with Gasteiger partial charge >= 0.3 is 6.09 Å². The molecule has 26 heavy (non-hydrogen) atoms. The highest BCUT2D eigenvalue weighted by Crippen LogP contribution is 2.24. The van der Waals surface area contributed by atoms with Crippen molar-refractivity contribution in [1.29, 1.82) is 0 Å². The smallest absolute Gasteiger partial charge is 0.407 e. The third kappa shape index (κ3) is 3.03. The highest BCUT2D eigenvalue weighted by Gasteiger charge is 2.31. The highest BCUT2D eigenvalue weighted by molar-refractivity contribution is 5.77. The number of alkyl halides is 1. The van der Waals surface area contributed by atoms with Crippen molar-refractivity contribution in [2.24, 2.45) is 0 Å². The fourth-order valence-electron chi connectivity index (χ4n) is 3.12. The number of halogens is 1. The monoisotopic (exact) mass is 356 g/mol. The Morgan fingerprint density at radius 1 is 1.31 bits per heavy atom. The number of carbonyl (C=O) groups is 1. The second-order valence-electron chi connectivity index (χ2n) is 6.16. The first-order valence-electron chi connectivity index (χ1n) is 8.25. The van der Waals surface area contributed by atoms with Crippen LogP contribution in [0.25, 0.3) is 16.8 Å². The number of rotatable bonds is 3. The summed E-state index contributed by atoms with van der Waals surface area (Å²) < 4.78 is 15.9. The molecule has 4 rings (SSSR count). The van der Waals surface area contributed by atoms with Crippen LogP contribution in [0.5, 0.6) is 0 Å². The van der Waals surface area contributed by atoms with Crippen LogP contribution in [0.1, 0.15) is 6.42 Å². The topological polar surface area (TPSA) is 95.7 Å². The molecule has 2 unspecified atom stereocenters. The second kappa shape index (κ2) is 6.58. The molecule has 0 aliphatic carbocycles. The van der Waals surface area contributed by atoms with Gasteiger partial charge in [-0.15, -0.1) is 0 Å². The van der Waals surface area contributed by atoms with Crippen LogP contribution < -0.4 is 5.32 Å². The number of pyridine rings is 1. The summed E-state index contributed by atoms with van der Waals surface area (Å²) in [6.07, 6.45) is 4.63. The predicted octanol–water partition coefficient (Wildman–Crippen LogP) is 2.29. The molecule has 1 aliphatic heterocycles. The molecule has 0 saturated carbocycles. The van der Waals surface area contributed by atoms with E-state index in [1.165, 1.54) is 11.1 Å². The van der Waals surface area contributed by atoms with Crippen LogP contribution >= 0.6 is 0 Å². The summed E-state index contributed by atoms with van der Waals surface area (Å²) in [5, 5.41) is 16.4. The fraction of sp³-hybridized carbons (Fsp3) is 0.294. The van der Waals surface area contributed by atoms with Gasteiger partial charge in [-0.3, -0.25) is 4.98 Å². The van der Waals surface area contributed by atoms with Crippen molar-refractivity contribution in [3.8, 4) is 11.3 Å². The molecular formula is C17H17FN6O2. The Hall–Kier alpha value is -3.23. The van der Waals surface area contributed by atoms with E-state index in [-0.39, 0.29) is 19.5 Å². The normalized spacial score (nSPS) is 20.3. The van der Waals surface area contributed by atoms with E-state index in [1.807, 2.05) is 24.4 Å². The molecule has 0 spiro atoms. The van der Waals surface area contributed by atoms with Gasteiger partial charge in [0.05, 0.1) is 35.8 Å². The molecule has 3 aromatic rings. The van der Waals surface area contributed by atoms with E-state index < -0.39 is 18.3 Å². The maximum Gasteiger partial charge on any atom is 0.407 e. The van der Waals surface area contributed by atoms with Gasteiger partial charge in [0.15, 0.2) is 0 Å². The first-order valence-corrected chi connectivity index (χ1v) is 8.25. The molecule has 1 aliphatic rings. The largest absolute Gasteiger partial charge is 0.465 e. The van der Waals surface area contributed by atoms with Crippen LogP contribution in [-0.2, 0) is 0 Å². The van der Waals surface area contributed by atoms with Gasteiger partial charge in [0.2, 0.25) is 0 Å². The summed E-state index contributed by atoms with van der Waals surface area (Å²) in [7, 11) is 0. The summed E-state index contributed by atoms with van der Waals surface area (Å²) in [5.41, 5.74) is 2.31. The average molecular weight is 356 g/mol. The van der Waals surface area contributed by atoms with Crippen molar-refractivity contribution >= 4 is 17.4 Å². The maximum atomic E-state index is 14.2. The standard InChI is InChI=1S/C17H17FN6O2/c18-12-4-6-23(17(25)26)10-14(12)22-16-9-19-8-13(21-16)11-7-20-24-5-2-1-3-15(11)24/h1-3,5,7-9,12,14H,4,6,10H2,(H,21,22)(H,25,26). The number of amides is 1. The zero-order valence-corrected chi connectivity index (χ0v) is 13.8. The van der Waals surface area contributed by atoms with Crippen LogP contribution in [0.4, 0.5) is 15.0 Å². The summed E-state index contributed by atoms with van der Waals surface area (Å²) >= 11 is 0. The lowest BCUT2D eigenvalue weighted by Crippen LogP contribution is -2.50. The third-order valence-corrected chi connectivity index (χ3v) is 4.47. The zero-order valence-electron chi connectivity index (χ0n) is 13.8. The average Bonchev–Trinajstić information content (AvgIpc) is 3.08. The van der Waals surface area contributed by atoms with Crippen LogP contribution in [-0.4, -0.2) is 61.0 Å². The predicted molar refractivity (Wildman–Crippen MR) is 92.7 cm³/mol. The van der Waals surface area contributed by atoms with Gasteiger partial charge in [0, 0.05) is 24.8 Å². The Kier molecular flexibility index (Phi) is 4.11. The summed E-state index contributed by atoms with van der Waals surface area (Å²) in [6, 6.07) is 5.06. The molecule has 2 atom stereocenters. The van der Waals surface area contributed by atoms with Gasteiger partial charge in [-0.25, -0.2) is 18.7 Å². The first kappa shape index (κ1) is 16.2. The van der Waals surface area contributed by atoms with E-state index in [0.29, 0.717) is 11.5 Å². The van der Waals surface area contributed by atoms with E-state index in [1.54, 1.807) is 16.9 Å². The summed E-state index contributed by atoms with van der Waals surface area (Å²) in [5.74, 6) is 0.401. The molecule has 3 aromatic heterocycles. The van der Waals surface area contributed by atoms with Crippen molar-refractivity contribution in [2.45, 2.75) is 18.6 Å². The van der Waals surface area contributed by atoms with Crippen LogP contribution in [0.15, 0.2) is 43.0 Å². The molecule has 1 saturated heterocycles. The van der Waals surface area contributed by atoms with Gasteiger partial charge in [0.1, 0.15) is 12.0 Å². The quantitative estimate of drug-likeness (QED) is 0.748. The SMILES string of the molecule is O=C(O)N1CCC(F)C(Nc2cncc(-c3cnn4ccccc34)n2)C1. The Balaban J connectivity index is 1.59. The minimum atomic E-state index is -1.15. The van der Waals surface area contributed by atoms with Crippen molar-refractivity contribution in [1.82, 2.24) is 24.5 Å². The molecule has 2 N–H and O–H groups in total. The maximum absolute atomic E-state index is 14.2. The van der Waals surface area contributed by atoms with Crippen LogP contribution in [0.2, 0.25) is 0 Å². The molecule has 1 amide bonds. The lowest BCUT2D eigenvalue weighted by atomic mass is 10.0. The number of piperidine rings is 1. The van der Waals surface area contributed by atoms with Gasteiger partial charge in [-0.2, -0.15) is 5.10 Å². The molecule has 0 aromatic carbocycles. The number of likely N-dealkylation sites (tertiary alicyclic amines) is 1. The molecule has 4 heterocycles.